The Bertz CT molecular complexity index is 1220. The van der Waals surface area contributed by atoms with Gasteiger partial charge in [-0.3, -0.25) is 9.59 Å². The lowest BCUT2D eigenvalue weighted by Gasteiger charge is -2.08. The summed E-state index contributed by atoms with van der Waals surface area (Å²) in [6.07, 6.45) is 0.0761. The Labute approximate surface area is 179 Å². The van der Waals surface area contributed by atoms with E-state index in [0.29, 0.717) is 22.2 Å². The zero-order chi connectivity index (χ0) is 20.2. The van der Waals surface area contributed by atoms with Crippen LogP contribution in [0, 0.1) is 0 Å². The summed E-state index contributed by atoms with van der Waals surface area (Å²) in [6, 6.07) is 22.9. The number of halogens is 1. The van der Waals surface area contributed by atoms with Crippen molar-refractivity contribution in [3.63, 3.8) is 0 Å². The van der Waals surface area contributed by atoms with Crippen molar-refractivity contribution >= 4 is 50.1 Å². The van der Waals surface area contributed by atoms with Crippen LogP contribution in [0.4, 0.5) is 5.69 Å². The van der Waals surface area contributed by atoms with E-state index in [9.17, 15) is 9.59 Å². The maximum atomic E-state index is 12.5. The van der Waals surface area contributed by atoms with E-state index in [0.717, 1.165) is 14.3 Å². The summed E-state index contributed by atoms with van der Waals surface area (Å²) in [5.74, 6) is -0.192. The summed E-state index contributed by atoms with van der Waals surface area (Å²) < 4.78 is 1.05. The van der Waals surface area contributed by atoms with Crippen LogP contribution in [0.5, 0.6) is 0 Å². The van der Waals surface area contributed by atoms with Crippen molar-refractivity contribution in [1.82, 2.24) is 10.2 Å². The van der Waals surface area contributed by atoms with Crippen LogP contribution >= 0.6 is 27.7 Å². The second-order valence-electron chi connectivity index (χ2n) is 6.35. The molecule has 3 aromatic carbocycles. The lowest BCUT2D eigenvalue weighted by Crippen LogP contribution is -2.18. The number of carbonyl (C=O) groups excluding carboxylic acids is 1. The third-order valence-electron chi connectivity index (χ3n) is 4.29. The highest BCUT2D eigenvalue weighted by Gasteiger charge is 2.11. The van der Waals surface area contributed by atoms with E-state index in [-0.39, 0.29) is 17.9 Å². The fourth-order valence-electron chi connectivity index (χ4n) is 2.91. The molecule has 1 aromatic heterocycles. The average Bonchev–Trinajstić information content (AvgIpc) is 2.73. The van der Waals surface area contributed by atoms with Crippen LogP contribution in [0.1, 0.15) is 5.69 Å². The summed E-state index contributed by atoms with van der Waals surface area (Å²) in [4.78, 5) is 26.6. The van der Waals surface area contributed by atoms with E-state index in [4.69, 9.17) is 0 Å². The molecule has 2 N–H and O–H groups in total. The van der Waals surface area contributed by atoms with Crippen LogP contribution in [0.2, 0.25) is 0 Å². The highest BCUT2D eigenvalue weighted by Crippen LogP contribution is 2.29. The number of fused-ring (bicyclic) bond motifs is 1. The van der Waals surface area contributed by atoms with Crippen molar-refractivity contribution in [1.29, 1.82) is 0 Å². The molecule has 7 heteroatoms. The van der Waals surface area contributed by atoms with Crippen molar-refractivity contribution < 1.29 is 4.79 Å². The molecule has 1 heterocycles. The number of hydrogen-bond acceptors (Lipinski definition) is 4. The minimum Gasteiger partial charge on any atom is -0.326 e. The molecule has 0 atom stereocenters. The van der Waals surface area contributed by atoms with Crippen LogP contribution < -0.4 is 10.9 Å². The summed E-state index contributed by atoms with van der Waals surface area (Å²) in [6.45, 7) is 0. The Morgan fingerprint density at radius 1 is 0.931 bits per heavy atom. The SMILES string of the molecule is O=C(Cc1n[nH]c(=O)c2ccccc12)Nc1ccc(Sc2ccc(Br)cc2)cc1. The number of aromatic amines is 1. The molecule has 29 heavy (non-hydrogen) atoms. The summed E-state index contributed by atoms with van der Waals surface area (Å²) >= 11 is 5.08. The summed E-state index contributed by atoms with van der Waals surface area (Å²) in [5, 5.41) is 10.6. The number of benzene rings is 3. The van der Waals surface area contributed by atoms with E-state index in [2.05, 4.69) is 31.4 Å². The summed E-state index contributed by atoms with van der Waals surface area (Å²) in [5.41, 5.74) is 0.993. The molecule has 0 aliphatic rings. The second kappa shape index (κ2) is 8.63. The first-order chi connectivity index (χ1) is 14.1. The van der Waals surface area contributed by atoms with Gasteiger partial charge in [-0.1, -0.05) is 45.9 Å². The average molecular weight is 466 g/mol. The molecular formula is C22H16BrN3O2S. The number of H-pyrrole nitrogens is 1. The van der Waals surface area contributed by atoms with E-state index < -0.39 is 0 Å². The molecule has 0 radical (unpaired) electrons. The first kappa shape index (κ1) is 19.4. The molecule has 0 bridgehead atoms. The normalized spacial score (nSPS) is 10.8. The van der Waals surface area contributed by atoms with Gasteiger partial charge in [0.15, 0.2) is 0 Å². The zero-order valence-electron chi connectivity index (χ0n) is 15.2. The highest BCUT2D eigenvalue weighted by molar-refractivity contribution is 9.10. The molecule has 0 saturated heterocycles. The fraction of sp³-hybridized carbons (Fsp3) is 0.0455. The Morgan fingerprint density at radius 3 is 2.24 bits per heavy atom. The number of carbonyl (C=O) groups is 1. The van der Waals surface area contributed by atoms with Crippen LogP contribution in [0.3, 0.4) is 0 Å². The Kier molecular flexibility index (Phi) is 5.78. The van der Waals surface area contributed by atoms with Gasteiger partial charge in [0.1, 0.15) is 0 Å². The van der Waals surface area contributed by atoms with Gasteiger partial charge >= 0.3 is 0 Å². The molecule has 4 aromatic rings. The van der Waals surface area contributed by atoms with Gasteiger partial charge in [0.05, 0.1) is 17.5 Å². The van der Waals surface area contributed by atoms with Crippen LogP contribution in [-0.4, -0.2) is 16.1 Å². The molecule has 0 fully saturated rings. The van der Waals surface area contributed by atoms with Gasteiger partial charge in [0, 0.05) is 25.3 Å². The van der Waals surface area contributed by atoms with E-state index in [1.807, 2.05) is 54.6 Å². The maximum absolute atomic E-state index is 12.5. The number of nitrogens with zero attached hydrogens (tertiary/aromatic N) is 1. The number of nitrogens with one attached hydrogen (secondary N) is 2. The van der Waals surface area contributed by atoms with Crippen LogP contribution in [-0.2, 0) is 11.2 Å². The van der Waals surface area contributed by atoms with Gasteiger partial charge in [-0.15, -0.1) is 0 Å². The fourth-order valence-corrected chi connectivity index (χ4v) is 3.99. The molecule has 4 rings (SSSR count). The van der Waals surface area contributed by atoms with E-state index in [1.165, 1.54) is 0 Å². The van der Waals surface area contributed by atoms with Gasteiger partial charge in [0.2, 0.25) is 5.91 Å². The Hall–Kier alpha value is -2.90. The molecule has 1 amide bonds. The molecule has 0 spiro atoms. The number of amides is 1. The predicted molar refractivity (Wildman–Crippen MR) is 119 cm³/mol. The maximum Gasteiger partial charge on any atom is 0.272 e. The number of anilines is 1. The van der Waals surface area contributed by atoms with Crippen molar-refractivity contribution in [2.75, 3.05) is 5.32 Å². The smallest absolute Gasteiger partial charge is 0.272 e. The first-order valence-corrected chi connectivity index (χ1v) is 10.5. The lowest BCUT2D eigenvalue weighted by molar-refractivity contribution is -0.115. The van der Waals surface area contributed by atoms with Gasteiger partial charge in [-0.25, -0.2) is 5.10 Å². The third-order valence-corrected chi connectivity index (χ3v) is 5.83. The monoisotopic (exact) mass is 465 g/mol. The van der Waals surface area contributed by atoms with Crippen molar-refractivity contribution in [2.24, 2.45) is 0 Å². The molecule has 0 saturated carbocycles. The third kappa shape index (κ3) is 4.75. The first-order valence-electron chi connectivity index (χ1n) is 8.88. The minimum absolute atomic E-state index is 0.0761. The van der Waals surface area contributed by atoms with Gasteiger partial charge in [-0.2, -0.15) is 5.10 Å². The van der Waals surface area contributed by atoms with Crippen LogP contribution in [0.15, 0.2) is 91.9 Å². The highest BCUT2D eigenvalue weighted by atomic mass is 79.9. The number of rotatable bonds is 5. The van der Waals surface area contributed by atoms with E-state index >= 15 is 0 Å². The Morgan fingerprint density at radius 2 is 1.55 bits per heavy atom. The van der Waals surface area contributed by atoms with Gasteiger partial charge in [-0.05, 0) is 54.6 Å². The van der Waals surface area contributed by atoms with Crippen molar-refractivity contribution in [3.05, 3.63) is 93.3 Å². The summed E-state index contributed by atoms with van der Waals surface area (Å²) in [7, 11) is 0. The second-order valence-corrected chi connectivity index (χ2v) is 8.41. The zero-order valence-corrected chi connectivity index (χ0v) is 17.6. The molecule has 0 unspecified atom stereocenters. The minimum atomic E-state index is -0.261. The quantitative estimate of drug-likeness (QED) is 0.433. The molecule has 144 valence electrons. The largest absolute Gasteiger partial charge is 0.326 e. The van der Waals surface area contributed by atoms with Gasteiger partial charge < -0.3 is 5.32 Å². The molecule has 0 aliphatic heterocycles. The van der Waals surface area contributed by atoms with Crippen molar-refractivity contribution in [2.45, 2.75) is 16.2 Å². The number of aromatic nitrogens is 2. The van der Waals surface area contributed by atoms with Crippen molar-refractivity contribution in [3.8, 4) is 0 Å². The van der Waals surface area contributed by atoms with E-state index in [1.54, 1.807) is 30.0 Å². The number of hydrogen-bond donors (Lipinski definition) is 2. The molecule has 5 nitrogen and oxygen atoms in total. The van der Waals surface area contributed by atoms with Crippen LogP contribution in [0.25, 0.3) is 10.8 Å². The molecular weight excluding hydrogens is 450 g/mol. The topological polar surface area (TPSA) is 74.8 Å². The lowest BCUT2D eigenvalue weighted by atomic mass is 10.1. The predicted octanol–water partition coefficient (Wildman–Crippen LogP) is 5.02. The van der Waals surface area contributed by atoms with Gasteiger partial charge in [0.25, 0.3) is 5.56 Å². The molecule has 0 aliphatic carbocycles. The standard InChI is InChI=1S/C22H16BrN3O2S/c23-14-5-9-16(10-6-14)29-17-11-7-15(8-12-17)24-21(27)13-20-18-3-1-2-4-19(18)22(28)26-25-20/h1-12H,13H2,(H,24,27)(H,26,28). The Balaban J connectivity index is 1.43.